The topological polar surface area (TPSA) is 67.9 Å². The van der Waals surface area contributed by atoms with Crippen LogP contribution >= 0.6 is 0 Å². The Hall–Kier alpha value is -3.02. The van der Waals surface area contributed by atoms with Gasteiger partial charge in [-0.25, -0.2) is 0 Å². The third-order valence-corrected chi connectivity index (χ3v) is 4.63. The fraction of sp³-hybridized carbons (Fsp3) is 0.300. The van der Waals surface area contributed by atoms with Crippen LogP contribution in [-0.2, 0) is 16.1 Å². The van der Waals surface area contributed by atoms with Crippen molar-refractivity contribution in [2.24, 2.45) is 0 Å². The highest BCUT2D eigenvalue weighted by Gasteiger charge is 2.37. The molecule has 0 aliphatic carbocycles. The third-order valence-electron chi connectivity index (χ3n) is 4.63. The van der Waals surface area contributed by atoms with Gasteiger partial charge in [0.05, 0.1) is 32.4 Å². The van der Waals surface area contributed by atoms with Gasteiger partial charge in [0, 0.05) is 12.6 Å². The molecule has 3 rings (SSSR count). The number of rotatable bonds is 8. The first-order chi connectivity index (χ1) is 12.7. The quantitative estimate of drug-likeness (QED) is 0.584. The van der Waals surface area contributed by atoms with Crippen LogP contribution in [0.3, 0.4) is 0 Å². The Morgan fingerprint density at radius 3 is 2.42 bits per heavy atom. The summed E-state index contributed by atoms with van der Waals surface area (Å²) < 4.78 is 10.5. The Morgan fingerprint density at radius 2 is 1.77 bits per heavy atom. The van der Waals surface area contributed by atoms with Crippen LogP contribution in [0, 0.1) is 0 Å². The van der Waals surface area contributed by atoms with Crippen LogP contribution in [0.25, 0.3) is 0 Å². The predicted molar refractivity (Wildman–Crippen MR) is 98.6 cm³/mol. The van der Waals surface area contributed by atoms with E-state index in [9.17, 15) is 9.59 Å². The number of nitrogens with zero attached hydrogens (tertiary/aromatic N) is 1. The molecular weight excluding hydrogens is 332 g/mol. The molecule has 0 radical (unpaired) electrons. The zero-order valence-electron chi connectivity index (χ0n) is 14.9. The molecule has 26 heavy (non-hydrogen) atoms. The minimum absolute atomic E-state index is 0.0387. The molecule has 6 heteroatoms. The van der Waals surface area contributed by atoms with Crippen molar-refractivity contribution in [3.63, 3.8) is 0 Å². The number of amides is 2. The van der Waals surface area contributed by atoms with Crippen LogP contribution in [0.2, 0.25) is 0 Å². The van der Waals surface area contributed by atoms with Gasteiger partial charge in [-0.15, -0.1) is 0 Å². The van der Waals surface area contributed by atoms with Crippen molar-refractivity contribution in [2.45, 2.75) is 18.9 Å². The lowest BCUT2D eigenvalue weighted by atomic mass is 9.97. The maximum absolute atomic E-state index is 13.0. The van der Waals surface area contributed by atoms with E-state index >= 15 is 0 Å². The highest BCUT2D eigenvalue weighted by molar-refractivity contribution is 6.05. The summed E-state index contributed by atoms with van der Waals surface area (Å²) in [6, 6.07) is 13.4. The van der Waals surface area contributed by atoms with E-state index in [1.54, 1.807) is 19.1 Å². The van der Waals surface area contributed by atoms with E-state index in [1.807, 2.05) is 42.5 Å². The summed E-state index contributed by atoms with van der Waals surface area (Å²) >= 11 is 0. The van der Waals surface area contributed by atoms with Crippen molar-refractivity contribution in [1.29, 1.82) is 0 Å². The van der Waals surface area contributed by atoms with Gasteiger partial charge < -0.3 is 19.7 Å². The molecule has 0 bridgehead atoms. The van der Waals surface area contributed by atoms with E-state index in [4.69, 9.17) is 9.47 Å². The number of carbonyl (C=O) groups excluding carboxylic acids is 2. The Morgan fingerprint density at radius 1 is 1.08 bits per heavy atom. The molecular formula is C20H22N2O4. The van der Waals surface area contributed by atoms with Crippen LogP contribution in [-0.4, -0.2) is 33.1 Å². The van der Waals surface area contributed by atoms with E-state index in [0.717, 1.165) is 22.6 Å². The summed E-state index contributed by atoms with van der Waals surface area (Å²) in [6.45, 7) is 0.933. The van der Waals surface area contributed by atoms with Gasteiger partial charge in [-0.1, -0.05) is 18.2 Å². The van der Waals surface area contributed by atoms with Crippen molar-refractivity contribution in [3.8, 4) is 11.5 Å². The minimum atomic E-state index is -0.262. The zero-order chi connectivity index (χ0) is 18.5. The minimum Gasteiger partial charge on any atom is -0.497 e. The lowest BCUT2D eigenvalue weighted by Crippen LogP contribution is -2.29. The molecule has 2 aromatic rings. The van der Waals surface area contributed by atoms with E-state index in [0.29, 0.717) is 31.7 Å². The number of hydrogen-bond acceptors (Lipinski definition) is 4. The Balaban J connectivity index is 1.88. The Labute approximate surface area is 152 Å². The van der Waals surface area contributed by atoms with E-state index in [2.05, 4.69) is 5.32 Å². The molecule has 0 aromatic heterocycles. The average molecular weight is 354 g/mol. The highest BCUT2D eigenvalue weighted by atomic mass is 16.5. The van der Waals surface area contributed by atoms with Crippen molar-refractivity contribution in [2.75, 3.05) is 25.7 Å². The summed E-state index contributed by atoms with van der Waals surface area (Å²) in [7, 11) is 3.23. The summed E-state index contributed by atoms with van der Waals surface area (Å²) in [5.41, 5.74) is 2.85. The smallest absolute Gasteiger partial charge is 0.234 e. The number of ether oxygens (including phenoxy) is 2. The molecule has 1 heterocycles. The second-order valence-electron chi connectivity index (χ2n) is 6.11. The monoisotopic (exact) mass is 354 g/mol. The molecule has 0 saturated carbocycles. The van der Waals surface area contributed by atoms with Crippen molar-refractivity contribution >= 4 is 18.0 Å². The van der Waals surface area contributed by atoms with E-state index in [1.165, 1.54) is 0 Å². The van der Waals surface area contributed by atoms with Crippen molar-refractivity contribution < 1.29 is 19.1 Å². The number of fused-ring (bicyclic) bond motifs is 1. The zero-order valence-corrected chi connectivity index (χ0v) is 14.9. The molecule has 2 aromatic carbocycles. The molecule has 0 saturated heterocycles. The molecule has 1 N–H and O–H groups in total. The molecule has 2 amide bonds. The normalized spacial score (nSPS) is 15.5. The summed E-state index contributed by atoms with van der Waals surface area (Å²) in [5, 5.41) is 2.64. The van der Waals surface area contributed by atoms with E-state index in [-0.39, 0.29) is 11.8 Å². The number of nitrogens with one attached hydrogen (secondary N) is 1. The number of anilines is 1. The number of benzene rings is 2. The highest BCUT2D eigenvalue weighted by Crippen LogP contribution is 2.41. The summed E-state index contributed by atoms with van der Waals surface area (Å²) in [6.07, 6.45) is 1.22. The largest absolute Gasteiger partial charge is 0.497 e. The molecule has 1 unspecified atom stereocenters. The maximum Gasteiger partial charge on any atom is 0.234 e. The standard InChI is InChI=1S/C20H22N2O4/c1-25-15-5-3-14(4-6-15)12-22-19-11-16(26-2)7-8-17(19)18(20(22)24)9-10-21-13-23/h3-8,11,13,18H,9-10,12H2,1-2H3,(H,21,23). The van der Waals surface area contributed by atoms with E-state index < -0.39 is 0 Å². The summed E-state index contributed by atoms with van der Waals surface area (Å²) in [4.78, 5) is 25.3. The second kappa shape index (κ2) is 7.91. The Bertz CT molecular complexity index is 789. The summed E-state index contributed by atoms with van der Waals surface area (Å²) in [5.74, 6) is 1.27. The fourth-order valence-electron chi connectivity index (χ4n) is 3.26. The first kappa shape index (κ1) is 17.8. The van der Waals surface area contributed by atoms with Crippen LogP contribution in [0.4, 0.5) is 5.69 Å². The number of methoxy groups -OCH3 is 2. The van der Waals surface area contributed by atoms with Gasteiger partial charge in [0.25, 0.3) is 0 Å². The first-order valence-corrected chi connectivity index (χ1v) is 8.47. The second-order valence-corrected chi connectivity index (χ2v) is 6.11. The average Bonchev–Trinajstić information content (AvgIpc) is 2.93. The van der Waals surface area contributed by atoms with Gasteiger partial charge >= 0.3 is 0 Å². The molecule has 6 nitrogen and oxygen atoms in total. The lowest BCUT2D eigenvalue weighted by molar-refractivity contribution is -0.119. The predicted octanol–water partition coefficient (Wildman–Crippen LogP) is 2.47. The van der Waals surface area contributed by atoms with Crippen molar-refractivity contribution in [1.82, 2.24) is 5.32 Å². The SMILES string of the molecule is COc1ccc(CN2C(=O)C(CCNC=O)c3ccc(OC)cc32)cc1. The van der Waals surface area contributed by atoms with Gasteiger partial charge in [-0.3, -0.25) is 9.59 Å². The maximum atomic E-state index is 13.0. The number of hydrogen-bond donors (Lipinski definition) is 1. The van der Waals surface area contributed by atoms with Gasteiger partial charge in [-0.2, -0.15) is 0 Å². The third kappa shape index (κ3) is 3.49. The molecule has 0 fully saturated rings. The van der Waals surface area contributed by atoms with Crippen LogP contribution in [0.1, 0.15) is 23.5 Å². The Kier molecular flexibility index (Phi) is 5.41. The van der Waals surface area contributed by atoms with Crippen LogP contribution in [0.5, 0.6) is 11.5 Å². The van der Waals surface area contributed by atoms with Crippen LogP contribution in [0.15, 0.2) is 42.5 Å². The molecule has 136 valence electrons. The van der Waals surface area contributed by atoms with Gasteiger partial charge in [0.2, 0.25) is 12.3 Å². The van der Waals surface area contributed by atoms with Gasteiger partial charge in [0.1, 0.15) is 11.5 Å². The molecule has 1 aliphatic rings. The van der Waals surface area contributed by atoms with Crippen molar-refractivity contribution in [3.05, 3.63) is 53.6 Å². The van der Waals surface area contributed by atoms with Gasteiger partial charge in [0.15, 0.2) is 0 Å². The molecule has 1 atom stereocenters. The molecule has 1 aliphatic heterocycles. The number of carbonyl (C=O) groups is 2. The fourth-order valence-corrected chi connectivity index (χ4v) is 3.26. The molecule has 0 spiro atoms. The van der Waals surface area contributed by atoms with Gasteiger partial charge in [-0.05, 0) is 35.7 Å². The first-order valence-electron chi connectivity index (χ1n) is 8.47. The van der Waals surface area contributed by atoms with Crippen LogP contribution < -0.4 is 19.7 Å². The lowest BCUT2D eigenvalue weighted by Gasteiger charge is -2.19.